The quantitative estimate of drug-likeness (QED) is 0.535. The smallest absolute Gasteiger partial charge is 0.208 e. The van der Waals surface area contributed by atoms with E-state index < -0.39 is 0 Å². The van der Waals surface area contributed by atoms with Crippen molar-refractivity contribution in [3.63, 3.8) is 0 Å². The first kappa shape index (κ1) is 19.1. The maximum Gasteiger partial charge on any atom is 0.208 e. The highest BCUT2D eigenvalue weighted by Gasteiger charge is 2.57. The van der Waals surface area contributed by atoms with Crippen LogP contribution in [0.2, 0.25) is 5.28 Å². The summed E-state index contributed by atoms with van der Waals surface area (Å²) in [5.41, 5.74) is 5.43. The molecule has 4 aliphatic rings. The van der Waals surface area contributed by atoms with Crippen molar-refractivity contribution in [2.24, 2.45) is 28.6 Å². The molecule has 4 aliphatic carbocycles. The minimum Gasteiger partial charge on any atom is -0.393 e. The van der Waals surface area contributed by atoms with E-state index in [2.05, 4.69) is 53.7 Å². The fourth-order valence-electron chi connectivity index (χ4n) is 7.76. The van der Waals surface area contributed by atoms with Crippen LogP contribution in [0.4, 0.5) is 0 Å². The van der Waals surface area contributed by atoms with Gasteiger partial charge in [0.1, 0.15) is 0 Å². The second kappa shape index (κ2) is 6.46. The van der Waals surface area contributed by atoms with Gasteiger partial charge in [-0.05, 0) is 91.8 Å². The van der Waals surface area contributed by atoms with Gasteiger partial charge in [-0.3, -0.25) is 4.57 Å². The summed E-state index contributed by atoms with van der Waals surface area (Å²) in [6.07, 6.45) is 12.6. The predicted octanol–water partition coefficient (Wildman–Crippen LogP) is 6.46. The van der Waals surface area contributed by atoms with Gasteiger partial charge in [0, 0.05) is 11.1 Å². The van der Waals surface area contributed by atoms with Crippen LogP contribution in [0.5, 0.6) is 0 Å². The molecule has 2 fully saturated rings. The summed E-state index contributed by atoms with van der Waals surface area (Å²) in [4.78, 5) is 4.63. The van der Waals surface area contributed by atoms with Crippen LogP contribution < -0.4 is 0 Å². The number of hydrogen-bond donors (Lipinski definition) is 1. The third-order valence-electron chi connectivity index (χ3n) is 9.38. The molecular formula is C26H31ClN2O. The summed E-state index contributed by atoms with van der Waals surface area (Å²) in [5.74, 6) is 2.12. The van der Waals surface area contributed by atoms with Gasteiger partial charge in [-0.2, -0.15) is 0 Å². The van der Waals surface area contributed by atoms with Gasteiger partial charge >= 0.3 is 0 Å². The summed E-state index contributed by atoms with van der Waals surface area (Å²) in [6, 6.07) is 8.30. The molecule has 3 unspecified atom stereocenters. The zero-order valence-corrected chi connectivity index (χ0v) is 18.7. The van der Waals surface area contributed by atoms with Crippen LogP contribution in [0, 0.1) is 28.6 Å². The average Bonchev–Trinajstić information content (AvgIpc) is 3.24. The summed E-state index contributed by atoms with van der Waals surface area (Å²) in [6.45, 7) is 4.97. The number of para-hydroxylation sites is 2. The molecule has 0 spiro atoms. The molecule has 2 aromatic rings. The Morgan fingerprint density at radius 2 is 1.83 bits per heavy atom. The Morgan fingerprint density at radius 1 is 1.03 bits per heavy atom. The maximum absolute atomic E-state index is 10.2. The van der Waals surface area contributed by atoms with Gasteiger partial charge in [-0.25, -0.2) is 4.98 Å². The Balaban J connectivity index is 1.38. The van der Waals surface area contributed by atoms with Gasteiger partial charge in [0.2, 0.25) is 5.28 Å². The standard InChI is InChI=1S/C26H31ClN2O/c1-25-13-11-17(30)15-16(25)7-8-18-19-9-10-23(26(19,2)14-12-20(18)25)29-22-6-4-3-5-21(22)28-24(29)27/h3-7,10,17-20,30H,8-9,11-15H2,1-2H3/t17-,18?,19?,20?,25-,26-/m0/s1. The molecule has 0 saturated heterocycles. The summed E-state index contributed by atoms with van der Waals surface area (Å²) in [7, 11) is 0. The minimum atomic E-state index is -0.133. The second-order valence-electron chi connectivity index (χ2n) is 10.6. The van der Waals surface area contributed by atoms with E-state index >= 15 is 0 Å². The lowest BCUT2D eigenvalue weighted by molar-refractivity contribution is -0.0248. The molecule has 1 N–H and O–H groups in total. The second-order valence-corrected chi connectivity index (χ2v) is 11.0. The van der Waals surface area contributed by atoms with E-state index in [1.165, 1.54) is 25.0 Å². The lowest BCUT2D eigenvalue weighted by atomic mass is 9.48. The van der Waals surface area contributed by atoms with Gasteiger partial charge in [0.05, 0.1) is 17.1 Å². The third-order valence-corrected chi connectivity index (χ3v) is 9.63. The van der Waals surface area contributed by atoms with E-state index in [0.29, 0.717) is 11.2 Å². The number of aliphatic hydroxyl groups is 1. The van der Waals surface area contributed by atoms with Crippen molar-refractivity contribution in [1.29, 1.82) is 0 Å². The number of rotatable bonds is 1. The van der Waals surface area contributed by atoms with Crippen LogP contribution in [0.15, 0.2) is 42.0 Å². The minimum absolute atomic E-state index is 0.133. The van der Waals surface area contributed by atoms with Gasteiger partial charge in [0.25, 0.3) is 0 Å². The molecule has 1 aromatic heterocycles. The van der Waals surface area contributed by atoms with E-state index in [0.717, 1.165) is 48.6 Å². The summed E-state index contributed by atoms with van der Waals surface area (Å²) >= 11 is 6.68. The van der Waals surface area contributed by atoms with Gasteiger partial charge < -0.3 is 5.11 Å². The first-order chi connectivity index (χ1) is 14.4. The SMILES string of the molecule is C[C@]12CC[C@H](O)CC1=CCC1C2CC[C@]2(C)C(n3c(Cl)nc4ccccc43)=CCC12. The molecule has 158 valence electrons. The number of allylic oxidation sites excluding steroid dienone is 3. The van der Waals surface area contributed by atoms with Crippen molar-refractivity contribution in [1.82, 2.24) is 9.55 Å². The fourth-order valence-corrected chi connectivity index (χ4v) is 8.03. The number of hydrogen-bond acceptors (Lipinski definition) is 2. The van der Waals surface area contributed by atoms with E-state index in [1.54, 1.807) is 5.57 Å². The summed E-state index contributed by atoms with van der Waals surface area (Å²) < 4.78 is 2.22. The van der Waals surface area contributed by atoms with Crippen LogP contribution in [0.3, 0.4) is 0 Å². The fraction of sp³-hybridized carbons (Fsp3) is 0.577. The number of fused-ring (bicyclic) bond motifs is 6. The van der Waals surface area contributed by atoms with E-state index in [4.69, 9.17) is 11.6 Å². The molecule has 30 heavy (non-hydrogen) atoms. The zero-order valence-electron chi connectivity index (χ0n) is 17.9. The molecule has 0 radical (unpaired) electrons. The van der Waals surface area contributed by atoms with Crippen LogP contribution in [0.25, 0.3) is 16.7 Å². The Morgan fingerprint density at radius 3 is 2.70 bits per heavy atom. The van der Waals surface area contributed by atoms with Crippen molar-refractivity contribution >= 4 is 28.3 Å². The Kier molecular flexibility index (Phi) is 4.12. The topological polar surface area (TPSA) is 38.0 Å². The summed E-state index contributed by atoms with van der Waals surface area (Å²) in [5, 5.41) is 10.8. The molecule has 0 amide bonds. The molecule has 3 nitrogen and oxygen atoms in total. The zero-order chi connectivity index (χ0) is 20.7. The third kappa shape index (κ3) is 2.45. The number of benzene rings is 1. The van der Waals surface area contributed by atoms with Crippen molar-refractivity contribution < 1.29 is 5.11 Å². The highest BCUT2D eigenvalue weighted by Crippen LogP contribution is 2.65. The molecule has 1 aromatic carbocycles. The van der Waals surface area contributed by atoms with E-state index in [-0.39, 0.29) is 16.9 Å². The molecule has 2 saturated carbocycles. The number of nitrogens with zero attached hydrogens (tertiary/aromatic N) is 2. The molecule has 0 aliphatic heterocycles. The molecule has 6 atom stereocenters. The lowest BCUT2D eigenvalue weighted by Crippen LogP contribution is -2.50. The first-order valence-corrected chi connectivity index (χ1v) is 12.0. The van der Waals surface area contributed by atoms with Crippen molar-refractivity contribution in [3.8, 4) is 0 Å². The Labute approximate surface area is 183 Å². The van der Waals surface area contributed by atoms with Gasteiger partial charge in [0.15, 0.2) is 0 Å². The lowest BCUT2D eigenvalue weighted by Gasteiger charge is -2.57. The molecule has 0 bridgehead atoms. The van der Waals surface area contributed by atoms with Crippen LogP contribution in [-0.2, 0) is 0 Å². The van der Waals surface area contributed by atoms with E-state index in [9.17, 15) is 5.11 Å². The average molecular weight is 423 g/mol. The highest BCUT2D eigenvalue weighted by atomic mass is 35.5. The molecular weight excluding hydrogens is 392 g/mol. The molecule has 1 heterocycles. The monoisotopic (exact) mass is 422 g/mol. The number of halogens is 1. The Hall–Kier alpha value is -1.58. The molecule has 4 heteroatoms. The predicted molar refractivity (Wildman–Crippen MR) is 122 cm³/mol. The molecule has 6 rings (SSSR count). The Bertz CT molecular complexity index is 1080. The maximum atomic E-state index is 10.2. The van der Waals surface area contributed by atoms with Crippen LogP contribution >= 0.6 is 11.6 Å². The normalized spacial score (nSPS) is 40.4. The van der Waals surface area contributed by atoms with Gasteiger partial charge in [-0.15, -0.1) is 0 Å². The number of aliphatic hydroxyl groups excluding tert-OH is 1. The van der Waals surface area contributed by atoms with Crippen LogP contribution in [-0.4, -0.2) is 20.8 Å². The largest absolute Gasteiger partial charge is 0.393 e. The van der Waals surface area contributed by atoms with Gasteiger partial charge in [-0.1, -0.05) is 43.7 Å². The first-order valence-electron chi connectivity index (χ1n) is 11.6. The van der Waals surface area contributed by atoms with E-state index in [1.807, 2.05) is 6.07 Å². The number of imidazole rings is 1. The van der Waals surface area contributed by atoms with Crippen molar-refractivity contribution in [2.45, 2.75) is 64.9 Å². The van der Waals surface area contributed by atoms with Crippen molar-refractivity contribution in [3.05, 3.63) is 47.3 Å². The van der Waals surface area contributed by atoms with Crippen LogP contribution in [0.1, 0.15) is 58.8 Å². The van der Waals surface area contributed by atoms with Crippen molar-refractivity contribution in [2.75, 3.05) is 0 Å². The number of aromatic nitrogens is 2. The highest BCUT2D eigenvalue weighted by molar-refractivity contribution is 6.29.